The highest BCUT2D eigenvalue weighted by molar-refractivity contribution is 6.30. The molecule has 1 amide bonds. The highest BCUT2D eigenvalue weighted by Crippen LogP contribution is 2.18. The van der Waals surface area contributed by atoms with Gasteiger partial charge in [0.25, 0.3) is 0 Å². The monoisotopic (exact) mass is 385 g/mol. The summed E-state index contributed by atoms with van der Waals surface area (Å²) in [6.45, 7) is 3.79. The first-order chi connectivity index (χ1) is 13.2. The van der Waals surface area contributed by atoms with E-state index in [1.807, 2.05) is 49.4 Å². The normalized spacial score (nSPS) is 10.9. The number of fused-ring (bicyclic) bond motifs is 1. The van der Waals surface area contributed by atoms with Gasteiger partial charge in [-0.2, -0.15) is 0 Å². The van der Waals surface area contributed by atoms with Gasteiger partial charge in [-0.05, 0) is 42.8 Å². The second kappa shape index (κ2) is 9.42. The van der Waals surface area contributed by atoms with Crippen LogP contribution in [0.1, 0.15) is 25.6 Å². The first-order valence-electron chi connectivity index (χ1n) is 9.26. The fourth-order valence-electron chi connectivity index (χ4n) is 2.98. The molecule has 0 fully saturated rings. The zero-order valence-corrected chi connectivity index (χ0v) is 16.2. The van der Waals surface area contributed by atoms with Crippen LogP contribution in [0.4, 0.5) is 0 Å². The lowest BCUT2D eigenvalue weighted by atomic mass is 10.3. The lowest BCUT2D eigenvalue weighted by molar-refractivity contribution is -0.121. The fourth-order valence-corrected chi connectivity index (χ4v) is 3.11. The van der Waals surface area contributed by atoms with E-state index in [4.69, 9.17) is 21.3 Å². The van der Waals surface area contributed by atoms with Gasteiger partial charge in [0.15, 0.2) is 0 Å². The zero-order chi connectivity index (χ0) is 19.1. The summed E-state index contributed by atoms with van der Waals surface area (Å²) in [6, 6.07) is 15.4. The van der Waals surface area contributed by atoms with Crippen LogP contribution in [0.15, 0.2) is 48.5 Å². The molecular weight excluding hydrogens is 362 g/mol. The number of para-hydroxylation sites is 2. The third-order valence-corrected chi connectivity index (χ3v) is 4.53. The van der Waals surface area contributed by atoms with E-state index in [1.54, 1.807) is 0 Å². The molecule has 27 heavy (non-hydrogen) atoms. The largest absolute Gasteiger partial charge is 0.492 e. The van der Waals surface area contributed by atoms with Gasteiger partial charge in [-0.15, -0.1) is 0 Å². The molecule has 6 heteroatoms. The number of halogens is 1. The minimum atomic E-state index is 0.0891. The van der Waals surface area contributed by atoms with Crippen LogP contribution in [0.5, 0.6) is 5.75 Å². The number of hydrogen-bond acceptors (Lipinski definition) is 3. The van der Waals surface area contributed by atoms with E-state index in [-0.39, 0.29) is 5.91 Å². The van der Waals surface area contributed by atoms with Crippen LogP contribution in [-0.4, -0.2) is 28.6 Å². The standard InChI is InChI=1S/C21H24ClN3O2/c1-2-5-21(26)23-13-12-20-24-18-6-3-4-7-19(18)25(20)14-15-27-17-10-8-16(22)9-11-17/h3-4,6-11H,2,5,12-15H2,1H3,(H,23,26). The average Bonchev–Trinajstić information content (AvgIpc) is 3.01. The number of hydrogen-bond donors (Lipinski definition) is 1. The van der Waals surface area contributed by atoms with E-state index in [9.17, 15) is 4.79 Å². The first kappa shape index (κ1) is 19.2. The number of ether oxygens (including phenoxy) is 1. The Kier molecular flexibility index (Phi) is 6.71. The summed E-state index contributed by atoms with van der Waals surface area (Å²) in [5.41, 5.74) is 2.03. The van der Waals surface area contributed by atoms with Crippen molar-refractivity contribution >= 4 is 28.5 Å². The molecule has 142 valence electrons. The molecule has 0 aliphatic carbocycles. The minimum Gasteiger partial charge on any atom is -0.492 e. The SMILES string of the molecule is CCCC(=O)NCCc1nc2ccccc2n1CCOc1ccc(Cl)cc1. The van der Waals surface area contributed by atoms with Crippen LogP contribution in [0, 0.1) is 0 Å². The topological polar surface area (TPSA) is 56.2 Å². The number of rotatable bonds is 9. The Labute approximate surface area is 164 Å². The molecule has 0 saturated heterocycles. The Balaban J connectivity index is 1.66. The lowest BCUT2D eigenvalue weighted by Crippen LogP contribution is -2.26. The summed E-state index contributed by atoms with van der Waals surface area (Å²) >= 11 is 5.91. The molecule has 0 aliphatic rings. The summed E-state index contributed by atoms with van der Waals surface area (Å²) in [5, 5.41) is 3.64. The van der Waals surface area contributed by atoms with Crippen molar-refractivity contribution in [2.45, 2.75) is 32.7 Å². The van der Waals surface area contributed by atoms with Gasteiger partial charge in [-0.1, -0.05) is 30.7 Å². The quantitative estimate of drug-likeness (QED) is 0.599. The molecule has 0 unspecified atom stereocenters. The molecule has 3 rings (SSSR count). The maximum absolute atomic E-state index is 11.7. The van der Waals surface area contributed by atoms with Gasteiger partial charge in [0, 0.05) is 24.4 Å². The van der Waals surface area contributed by atoms with Crippen LogP contribution in [0.25, 0.3) is 11.0 Å². The van der Waals surface area contributed by atoms with Gasteiger partial charge in [-0.25, -0.2) is 4.98 Å². The highest BCUT2D eigenvalue weighted by atomic mass is 35.5. The molecular formula is C21H24ClN3O2. The predicted octanol–water partition coefficient (Wildman–Crippen LogP) is 4.23. The van der Waals surface area contributed by atoms with Gasteiger partial charge in [0.1, 0.15) is 18.2 Å². The third-order valence-electron chi connectivity index (χ3n) is 4.28. The Hall–Kier alpha value is -2.53. The Morgan fingerprint density at radius 3 is 2.74 bits per heavy atom. The minimum absolute atomic E-state index is 0.0891. The van der Waals surface area contributed by atoms with E-state index in [0.29, 0.717) is 37.6 Å². The van der Waals surface area contributed by atoms with E-state index < -0.39 is 0 Å². The molecule has 0 radical (unpaired) electrons. The Morgan fingerprint density at radius 2 is 1.96 bits per heavy atom. The van der Waals surface area contributed by atoms with Crippen molar-refractivity contribution in [3.05, 3.63) is 59.4 Å². The molecule has 0 saturated carbocycles. The number of carbonyl (C=O) groups is 1. The predicted molar refractivity (Wildman–Crippen MR) is 108 cm³/mol. The number of nitrogens with zero attached hydrogens (tertiary/aromatic N) is 2. The van der Waals surface area contributed by atoms with Crippen LogP contribution < -0.4 is 10.1 Å². The highest BCUT2D eigenvalue weighted by Gasteiger charge is 2.11. The number of benzene rings is 2. The van der Waals surface area contributed by atoms with E-state index in [2.05, 4.69) is 16.0 Å². The maximum Gasteiger partial charge on any atom is 0.219 e. The van der Waals surface area contributed by atoms with E-state index in [1.165, 1.54) is 0 Å². The summed E-state index contributed by atoms with van der Waals surface area (Å²) in [6.07, 6.45) is 2.10. The number of amides is 1. The smallest absolute Gasteiger partial charge is 0.219 e. The Bertz CT molecular complexity index is 890. The average molecular weight is 386 g/mol. The van der Waals surface area contributed by atoms with Crippen molar-refractivity contribution in [1.82, 2.24) is 14.9 Å². The summed E-state index contributed by atoms with van der Waals surface area (Å²) in [7, 11) is 0. The van der Waals surface area contributed by atoms with Crippen molar-refractivity contribution < 1.29 is 9.53 Å². The van der Waals surface area contributed by atoms with Crippen LogP contribution in [0.2, 0.25) is 5.02 Å². The first-order valence-corrected chi connectivity index (χ1v) is 9.64. The third kappa shape index (κ3) is 5.23. The summed E-state index contributed by atoms with van der Waals surface area (Å²) in [4.78, 5) is 16.4. The molecule has 0 atom stereocenters. The number of aromatic nitrogens is 2. The van der Waals surface area contributed by atoms with E-state index >= 15 is 0 Å². The number of carbonyl (C=O) groups excluding carboxylic acids is 1. The van der Waals surface area contributed by atoms with Crippen molar-refractivity contribution in [3.63, 3.8) is 0 Å². The second-order valence-corrected chi connectivity index (χ2v) is 6.76. The summed E-state index contributed by atoms with van der Waals surface area (Å²) < 4.78 is 8.00. The van der Waals surface area contributed by atoms with Crippen molar-refractivity contribution in [1.29, 1.82) is 0 Å². The van der Waals surface area contributed by atoms with Crippen LogP contribution in [0.3, 0.4) is 0 Å². The van der Waals surface area contributed by atoms with Crippen molar-refractivity contribution in [2.75, 3.05) is 13.2 Å². The second-order valence-electron chi connectivity index (χ2n) is 6.32. The molecule has 1 heterocycles. The summed E-state index contributed by atoms with van der Waals surface area (Å²) in [5.74, 6) is 1.83. The Morgan fingerprint density at radius 1 is 1.19 bits per heavy atom. The molecule has 2 aromatic carbocycles. The van der Waals surface area contributed by atoms with Gasteiger partial charge in [0.05, 0.1) is 17.6 Å². The number of nitrogens with one attached hydrogen (secondary N) is 1. The van der Waals surface area contributed by atoms with E-state index in [0.717, 1.165) is 29.0 Å². The van der Waals surface area contributed by atoms with Crippen LogP contribution >= 0.6 is 11.6 Å². The molecule has 5 nitrogen and oxygen atoms in total. The molecule has 1 N–H and O–H groups in total. The molecule has 3 aromatic rings. The maximum atomic E-state index is 11.7. The van der Waals surface area contributed by atoms with Crippen molar-refractivity contribution in [2.24, 2.45) is 0 Å². The van der Waals surface area contributed by atoms with Gasteiger partial charge in [-0.3, -0.25) is 4.79 Å². The van der Waals surface area contributed by atoms with Gasteiger partial charge < -0.3 is 14.6 Å². The van der Waals surface area contributed by atoms with Crippen LogP contribution in [-0.2, 0) is 17.8 Å². The molecule has 0 spiro atoms. The lowest BCUT2D eigenvalue weighted by Gasteiger charge is -2.11. The zero-order valence-electron chi connectivity index (χ0n) is 15.5. The van der Waals surface area contributed by atoms with Crippen molar-refractivity contribution in [3.8, 4) is 5.75 Å². The molecule has 0 bridgehead atoms. The van der Waals surface area contributed by atoms with Gasteiger partial charge in [0.2, 0.25) is 5.91 Å². The molecule has 0 aliphatic heterocycles. The fraction of sp³-hybridized carbons (Fsp3) is 0.333. The van der Waals surface area contributed by atoms with Gasteiger partial charge >= 0.3 is 0 Å². The number of imidazole rings is 1. The molecule has 1 aromatic heterocycles.